The largest absolute Gasteiger partial charge is 0.309 e. The van der Waals surface area contributed by atoms with Crippen molar-refractivity contribution in [1.82, 2.24) is 9.97 Å². The van der Waals surface area contributed by atoms with Crippen LogP contribution in [0.5, 0.6) is 0 Å². The molecule has 1 N–H and O–H groups in total. The van der Waals surface area contributed by atoms with Crippen LogP contribution in [0.3, 0.4) is 0 Å². The molecule has 20 heavy (non-hydrogen) atoms. The zero-order chi connectivity index (χ0) is 14.1. The molecule has 1 aromatic carbocycles. The van der Waals surface area contributed by atoms with Gasteiger partial charge in [0, 0.05) is 24.4 Å². The summed E-state index contributed by atoms with van der Waals surface area (Å²) in [6.07, 6.45) is 4.96. The van der Waals surface area contributed by atoms with Crippen LogP contribution in [-0.2, 0) is 4.79 Å². The molecule has 1 fully saturated rings. The molecule has 1 saturated carbocycles. The molecule has 1 heterocycles. The lowest BCUT2D eigenvalue weighted by atomic mass is 10.1. The first-order valence-corrected chi connectivity index (χ1v) is 6.17. The number of nitrogens with zero attached hydrogens (tertiary/aromatic N) is 2. The predicted molar refractivity (Wildman–Crippen MR) is 67.9 cm³/mol. The first kappa shape index (κ1) is 12.7. The molecule has 0 aliphatic heterocycles. The second-order valence-electron chi connectivity index (χ2n) is 4.69. The average Bonchev–Trinajstić information content (AvgIpc) is 3.20. The second kappa shape index (κ2) is 4.96. The summed E-state index contributed by atoms with van der Waals surface area (Å²) in [6.45, 7) is 0. The van der Waals surface area contributed by atoms with Gasteiger partial charge in [-0.2, -0.15) is 0 Å². The van der Waals surface area contributed by atoms with Gasteiger partial charge in [-0.15, -0.1) is 0 Å². The second-order valence-corrected chi connectivity index (χ2v) is 4.69. The standard InChI is InChI=1S/C14H11F2N3O/c15-8-1-2-9(12(16)5-8)10-6-11(10)14(20)19-13-7-17-3-4-18-13/h1-5,7,10-11H,6H2,(H,18,19,20). The molecule has 0 spiro atoms. The minimum absolute atomic E-state index is 0.202. The number of nitrogens with one attached hydrogen (secondary N) is 1. The summed E-state index contributed by atoms with van der Waals surface area (Å²) in [4.78, 5) is 19.7. The monoisotopic (exact) mass is 275 g/mol. The van der Waals surface area contributed by atoms with E-state index in [0.717, 1.165) is 6.07 Å². The fourth-order valence-corrected chi connectivity index (χ4v) is 2.21. The molecular weight excluding hydrogens is 264 g/mol. The average molecular weight is 275 g/mol. The Bertz CT molecular complexity index is 648. The van der Waals surface area contributed by atoms with Crippen molar-refractivity contribution in [3.8, 4) is 0 Å². The normalized spacial score (nSPS) is 20.5. The van der Waals surface area contributed by atoms with E-state index in [0.29, 0.717) is 17.8 Å². The Balaban J connectivity index is 1.68. The van der Waals surface area contributed by atoms with Crippen LogP contribution in [0.15, 0.2) is 36.8 Å². The molecule has 1 amide bonds. The van der Waals surface area contributed by atoms with Crippen molar-refractivity contribution >= 4 is 11.7 Å². The first-order chi connectivity index (χ1) is 9.65. The van der Waals surface area contributed by atoms with Crippen molar-refractivity contribution in [2.45, 2.75) is 12.3 Å². The summed E-state index contributed by atoms with van der Waals surface area (Å²) >= 11 is 0. The minimum Gasteiger partial charge on any atom is -0.309 e. The number of aromatic nitrogens is 2. The van der Waals surface area contributed by atoms with E-state index < -0.39 is 11.6 Å². The number of rotatable bonds is 3. The number of halogens is 2. The van der Waals surface area contributed by atoms with Crippen LogP contribution < -0.4 is 5.32 Å². The van der Waals surface area contributed by atoms with Crippen LogP contribution in [0.2, 0.25) is 0 Å². The number of hydrogen-bond donors (Lipinski definition) is 1. The lowest BCUT2D eigenvalue weighted by Gasteiger charge is -2.04. The molecule has 4 nitrogen and oxygen atoms in total. The van der Waals surface area contributed by atoms with E-state index in [2.05, 4.69) is 15.3 Å². The fraction of sp³-hybridized carbons (Fsp3) is 0.214. The molecule has 2 atom stereocenters. The summed E-state index contributed by atoms with van der Waals surface area (Å²) in [5.74, 6) is -1.59. The Morgan fingerprint density at radius 3 is 2.85 bits per heavy atom. The zero-order valence-corrected chi connectivity index (χ0v) is 10.4. The smallest absolute Gasteiger partial charge is 0.229 e. The maximum atomic E-state index is 13.6. The molecule has 2 aromatic rings. The van der Waals surface area contributed by atoms with E-state index in [4.69, 9.17) is 0 Å². The first-order valence-electron chi connectivity index (χ1n) is 6.17. The van der Waals surface area contributed by atoms with Gasteiger partial charge in [0.2, 0.25) is 5.91 Å². The van der Waals surface area contributed by atoms with E-state index in [1.165, 1.54) is 30.7 Å². The summed E-state index contributed by atoms with van der Waals surface area (Å²) in [6, 6.07) is 3.44. The van der Waals surface area contributed by atoms with Crippen molar-refractivity contribution in [1.29, 1.82) is 0 Å². The SMILES string of the molecule is O=C(Nc1cnccn1)C1CC1c1ccc(F)cc1F. The Hall–Kier alpha value is -2.37. The summed E-state index contributed by atoms with van der Waals surface area (Å²) in [5.41, 5.74) is 0.380. The molecule has 0 bridgehead atoms. The van der Waals surface area contributed by atoms with Crippen LogP contribution in [0.4, 0.5) is 14.6 Å². The number of hydrogen-bond acceptors (Lipinski definition) is 3. The Morgan fingerprint density at radius 2 is 2.15 bits per heavy atom. The van der Waals surface area contributed by atoms with Crippen LogP contribution in [0, 0.1) is 17.6 Å². The number of benzene rings is 1. The van der Waals surface area contributed by atoms with E-state index in [-0.39, 0.29) is 17.7 Å². The third-order valence-electron chi connectivity index (χ3n) is 3.30. The van der Waals surface area contributed by atoms with Crippen LogP contribution in [0.1, 0.15) is 17.9 Å². The van der Waals surface area contributed by atoms with Crippen molar-refractivity contribution < 1.29 is 13.6 Å². The van der Waals surface area contributed by atoms with Gasteiger partial charge in [-0.25, -0.2) is 13.8 Å². The van der Waals surface area contributed by atoms with Gasteiger partial charge in [0.25, 0.3) is 0 Å². The number of amides is 1. The zero-order valence-electron chi connectivity index (χ0n) is 10.4. The fourth-order valence-electron chi connectivity index (χ4n) is 2.21. The van der Waals surface area contributed by atoms with Gasteiger partial charge in [-0.3, -0.25) is 9.78 Å². The van der Waals surface area contributed by atoms with Gasteiger partial charge in [0.05, 0.1) is 6.20 Å². The van der Waals surface area contributed by atoms with Gasteiger partial charge >= 0.3 is 0 Å². The Morgan fingerprint density at radius 1 is 1.30 bits per heavy atom. The topological polar surface area (TPSA) is 54.9 Å². The quantitative estimate of drug-likeness (QED) is 0.936. The molecule has 0 saturated heterocycles. The van der Waals surface area contributed by atoms with Crippen molar-refractivity contribution in [3.63, 3.8) is 0 Å². The number of anilines is 1. The van der Waals surface area contributed by atoms with E-state index in [1.54, 1.807) is 0 Å². The highest BCUT2D eigenvalue weighted by Crippen LogP contribution is 2.48. The van der Waals surface area contributed by atoms with Gasteiger partial charge in [-0.1, -0.05) is 6.07 Å². The van der Waals surface area contributed by atoms with E-state index >= 15 is 0 Å². The molecule has 102 valence electrons. The molecule has 3 rings (SSSR count). The molecule has 1 aliphatic rings. The van der Waals surface area contributed by atoms with Gasteiger partial charge in [-0.05, 0) is 24.0 Å². The summed E-state index contributed by atoms with van der Waals surface area (Å²) in [5, 5.41) is 2.63. The van der Waals surface area contributed by atoms with Crippen molar-refractivity contribution in [2.75, 3.05) is 5.32 Å². The lowest BCUT2D eigenvalue weighted by molar-refractivity contribution is -0.117. The Kier molecular flexibility index (Phi) is 3.14. The van der Waals surface area contributed by atoms with Crippen molar-refractivity contribution in [3.05, 3.63) is 54.0 Å². The molecular formula is C14H11F2N3O. The predicted octanol–water partition coefficient (Wildman–Crippen LogP) is 2.50. The van der Waals surface area contributed by atoms with Crippen LogP contribution in [-0.4, -0.2) is 15.9 Å². The van der Waals surface area contributed by atoms with E-state index in [9.17, 15) is 13.6 Å². The molecule has 0 radical (unpaired) electrons. The lowest BCUT2D eigenvalue weighted by Crippen LogP contribution is -2.15. The van der Waals surface area contributed by atoms with Crippen molar-refractivity contribution in [2.24, 2.45) is 5.92 Å². The third kappa shape index (κ3) is 2.49. The molecule has 6 heteroatoms. The van der Waals surface area contributed by atoms with Gasteiger partial charge < -0.3 is 5.32 Å². The number of carbonyl (C=O) groups is 1. The third-order valence-corrected chi connectivity index (χ3v) is 3.30. The highest BCUT2D eigenvalue weighted by atomic mass is 19.1. The minimum atomic E-state index is -0.618. The van der Waals surface area contributed by atoms with Gasteiger partial charge in [0.1, 0.15) is 11.6 Å². The Labute approximate surface area is 113 Å². The molecule has 1 aromatic heterocycles. The number of carbonyl (C=O) groups excluding carboxylic acids is 1. The summed E-state index contributed by atoms with van der Waals surface area (Å²) in [7, 11) is 0. The van der Waals surface area contributed by atoms with Gasteiger partial charge in [0.15, 0.2) is 5.82 Å². The molecule has 2 unspecified atom stereocenters. The molecule has 1 aliphatic carbocycles. The maximum Gasteiger partial charge on any atom is 0.229 e. The highest BCUT2D eigenvalue weighted by Gasteiger charge is 2.45. The summed E-state index contributed by atoms with van der Waals surface area (Å²) < 4.78 is 26.5. The maximum absolute atomic E-state index is 13.6. The van der Waals surface area contributed by atoms with Crippen LogP contribution >= 0.6 is 0 Å². The van der Waals surface area contributed by atoms with E-state index in [1.807, 2.05) is 0 Å². The van der Waals surface area contributed by atoms with Crippen LogP contribution in [0.25, 0.3) is 0 Å². The highest BCUT2D eigenvalue weighted by molar-refractivity contribution is 5.94.